The van der Waals surface area contributed by atoms with Crippen LogP contribution in [-0.2, 0) is 0 Å². The summed E-state index contributed by atoms with van der Waals surface area (Å²) < 4.78 is 0. The number of aliphatic hydroxyl groups excluding tert-OH is 1. The van der Waals surface area contributed by atoms with E-state index in [1.165, 1.54) is 0 Å². The fraction of sp³-hybridized carbons (Fsp3) is 0.0714. The number of rotatable bonds is 2. The molecule has 1 atom stereocenters. The van der Waals surface area contributed by atoms with Crippen molar-refractivity contribution < 1.29 is 5.11 Å². The van der Waals surface area contributed by atoms with E-state index in [1.807, 2.05) is 30.3 Å². The Morgan fingerprint density at radius 3 is 2.56 bits per heavy atom. The van der Waals surface area contributed by atoms with Crippen molar-refractivity contribution in [1.82, 2.24) is 15.0 Å². The van der Waals surface area contributed by atoms with Crippen molar-refractivity contribution in [2.75, 3.05) is 0 Å². The molecule has 88 valence electrons. The molecule has 4 heteroatoms. The van der Waals surface area contributed by atoms with Crippen molar-refractivity contribution in [2.45, 2.75) is 6.10 Å². The summed E-state index contributed by atoms with van der Waals surface area (Å²) in [6.07, 6.45) is 4.03. The molecule has 2 heterocycles. The standard InChI is InChI=1S/C14H11N3O/c18-13(14-15-6-3-7-16-14)11-8-10-4-1-2-5-12(10)17-9-11/h1-9,13,18H. The van der Waals surface area contributed by atoms with Crippen LogP contribution in [0.3, 0.4) is 0 Å². The van der Waals surface area contributed by atoms with Crippen LogP contribution in [0.15, 0.2) is 55.0 Å². The second-order valence-corrected chi connectivity index (χ2v) is 3.97. The molecule has 4 nitrogen and oxygen atoms in total. The van der Waals surface area contributed by atoms with Gasteiger partial charge in [-0.3, -0.25) is 4.98 Å². The third kappa shape index (κ3) is 1.94. The highest BCUT2D eigenvalue weighted by Crippen LogP contribution is 2.21. The summed E-state index contributed by atoms with van der Waals surface area (Å²) in [6, 6.07) is 11.4. The highest BCUT2D eigenvalue weighted by Gasteiger charge is 2.13. The predicted molar refractivity (Wildman–Crippen MR) is 67.8 cm³/mol. The highest BCUT2D eigenvalue weighted by atomic mass is 16.3. The van der Waals surface area contributed by atoms with E-state index in [0.29, 0.717) is 11.4 Å². The first kappa shape index (κ1) is 10.8. The average Bonchev–Trinajstić information content (AvgIpc) is 2.47. The fourth-order valence-electron chi connectivity index (χ4n) is 1.84. The van der Waals surface area contributed by atoms with Gasteiger partial charge in [-0.2, -0.15) is 0 Å². The second kappa shape index (κ2) is 4.50. The molecular weight excluding hydrogens is 226 g/mol. The highest BCUT2D eigenvalue weighted by molar-refractivity contribution is 5.78. The molecule has 0 saturated heterocycles. The van der Waals surface area contributed by atoms with E-state index in [2.05, 4.69) is 15.0 Å². The van der Waals surface area contributed by atoms with Gasteiger partial charge in [0, 0.05) is 29.5 Å². The van der Waals surface area contributed by atoms with Gasteiger partial charge in [0.25, 0.3) is 0 Å². The van der Waals surface area contributed by atoms with Gasteiger partial charge in [-0.05, 0) is 18.2 Å². The van der Waals surface area contributed by atoms with E-state index >= 15 is 0 Å². The van der Waals surface area contributed by atoms with Crippen LogP contribution in [0.25, 0.3) is 10.9 Å². The number of aliphatic hydroxyl groups is 1. The predicted octanol–water partition coefficient (Wildman–Crippen LogP) is 2.11. The van der Waals surface area contributed by atoms with Crippen LogP contribution in [0.1, 0.15) is 17.5 Å². The fourth-order valence-corrected chi connectivity index (χ4v) is 1.84. The first-order valence-electron chi connectivity index (χ1n) is 5.64. The molecule has 1 aromatic carbocycles. The van der Waals surface area contributed by atoms with Crippen LogP contribution in [0.4, 0.5) is 0 Å². The van der Waals surface area contributed by atoms with E-state index in [9.17, 15) is 5.11 Å². The summed E-state index contributed by atoms with van der Waals surface area (Å²) in [5.74, 6) is 0.384. The molecule has 1 N–H and O–H groups in total. The minimum Gasteiger partial charge on any atom is -0.380 e. The Morgan fingerprint density at radius 1 is 0.944 bits per heavy atom. The normalized spacial score (nSPS) is 12.5. The van der Waals surface area contributed by atoms with Crippen LogP contribution in [0, 0.1) is 0 Å². The van der Waals surface area contributed by atoms with Crippen molar-refractivity contribution in [3.8, 4) is 0 Å². The van der Waals surface area contributed by atoms with Gasteiger partial charge in [0.1, 0.15) is 6.10 Å². The van der Waals surface area contributed by atoms with Gasteiger partial charge in [-0.15, -0.1) is 0 Å². The number of fused-ring (bicyclic) bond motifs is 1. The van der Waals surface area contributed by atoms with Crippen molar-refractivity contribution in [1.29, 1.82) is 0 Å². The molecule has 0 fully saturated rings. The summed E-state index contributed by atoms with van der Waals surface area (Å²) in [5, 5.41) is 11.2. The second-order valence-electron chi connectivity index (χ2n) is 3.97. The molecule has 3 aromatic rings. The van der Waals surface area contributed by atoms with Crippen molar-refractivity contribution in [2.24, 2.45) is 0 Å². The van der Waals surface area contributed by atoms with Crippen LogP contribution in [-0.4, -0.2) is 20.1 Å². The first-order valence-corrected chi connectivity index (χ1v) is 5.64. The number of pyridine rings is 1. The largest absolute Gasteiger partial charge is 0.380 e. The average molecular weight is 237 g/mol. The quantitative estimate of drug-likeness (QED) is 0.741. The molecule has 0 spiro atoms. The van der Waals surface area contributed by atoms with Crippen LogP contribution >= 0.6 is 0 Å². The molecule has 0 saturated carbocycles. The SMILES string of the molecule is OC(c1cnc2ccccc2c1)c1ncccn1. The molecule has 2 aromatic heterocycles. The molecule has 1 unspecified atom stereocenters. The Kier molecular flexibility index (Phi) is 2.70. The van der Waals surface area contributed by atoms with Gasteiger partial charge in [0.2, 0.25) is 0 Å². The summed E-state index contributed by atoms with van der Waals surface area (Å²) in [6.45, 7) is 0. The first-order chi connectivity index (χ1) is 8.84. The van der Waals surface area contributed by atoms with Crippen LogP contribution in [0.2, 0.25) is 0 Å². The van der Waals surface area contributed by atoms with Crippen LogP contribution < -0.4 is 0 Å². The van der Waals surface area contributed by atoms with Gasteiger partial charge in [-0.1, -0.05) is 18.2 Å². The van der Waals surface area contributed by atoms with Gasteiger partial charge in [-0.25, -0.2) is 9.97 Å². The maximum atomic E-state index is 10.2. The molecule has 0 bridgehead atoms. The van der Waals surface area contributed by atoms with E-state index in [-0.39, 0.29) is 0 Å². The van der Waals surface area contributed by atoms with Crippen LogP contribution in [0.5, 0.6) is 0 Å². The summed E-state index contributed by atoms with van der Waals surface area (Å²) >= 11 is 0. The maximum Gasteiger partial charge on any atom is 0.161 e. The van der Waals surface area contributed by atoms with Gasteiger partial charge in [0.05, 0.1) is 5.52 Å². The lowest BCUT2D eigenvalue weighted by molar-refractivity contribution is 0.209. The smallest absolute Gasteiger partial charge is 0.161 e. The molecular formula is C14H11N3O. The van der Waals surface area contributed by atoms with Crippen molar-refractivity contribution in [3.63, 3.8) is 0 Å². The monoisotopic (exact) mass is 237 g/mol. The molecule has 0 radical (unpaired) electrons. The number of benzene rings is 1. The van der Waals surface area contributed by atoms with Crippen molar-refractivity contribution in [3.05, 3.63) is 66.4 Å². The number of hydrogen-bond donors (Lipinski definition) is 1. The van der Waals surface area contributed by atoms with E-state index < -0.39 is 6.10 Å². The molecule has 0 amide bonds. The zero-order valence-electron chi connectivity index (χ0n) is 9.56. The molecule has 18 heavy (non-hydrogen) atoms. The number of hydrogen-bond acceptors (Lipinski definition) is 4. The Morgan fingerprint density at radius 2 is 1.72 bits per heavy atom. The topological polar surface area (TPSA) is 58.9 Å². The molecule has 0 aliphatic carbocycles. The Labute approximate surface area is 104 Å². The summed E-state index contributed by atoms with van der Waals surface area (Å²) in [4.78, 5) is 12.4. The van der Waals surface area contributed by atoms with E-state index in [1.54, 1.807) is 24.7 Å². The lowest BCUT2D eigenvalue weighted by Crippen LogP contribution is -2.04. The summed E-state index contributed by atoms with van der Waals surface area (Å²) in [7, 11) is 0. The minimum atomic E-state index is -0.844. The zero-order valence-corrected chi connectivity index (χ0v) is 9.56. The van der Waals surface area contributed by atoms with E-state index in [0.717, 1.165) is 10.9 Å². The van der Waals surface area contributed by atoms with Gasteiger partial charge < -0.3 is 5.11 Å². The molecule has 3 rings (SSSR count). The zero-order chi connectivity index (χ0) is 12.4. The Balaban J connectivity index is 2.04. The lowest BCUT2D eigenvalue weighted by Gasteiger charge is -2.09. The Hall–Kier alpha value is -2.33. The molecule has 0 aliphatic rings. The van der Waals surface area contributed by atoms with Gasteiger partial charge >= 0.3 is 0 Å². The Bertz CT molecular complexity index is 670. The number of para-hydroxylation sites is 1. The van der Waals surface area contributed by atoms with Crippen molar-refractivity contribution >= 4 is 10.9 Å². The van der Waals surface area contributed by atoms with E-state index in [4.69, 9.17) is 0 Å². The summed E-state index contributed by atoms with van der Waals surface area (Å²) in [5.41, 5.74) is 1.60. The maximum absolute atomic E-state index is 10.2. The third-order valence-electron chi connectivity index (χ3n) is 2.76. The van der Waals surface area contributed by atoms with Gasteiger partial charge in [0.15, 0.2) is 5.82 Å². The molecule has 0 aliphatic heterocycles. The number of aromatic nitrogens is 3. The lowest BCUT2D eigenvalue weighted by atomic mass is 10.1. The number of nitrogens with zero attached hydrogens (tertiary/aromatic N) is 3. The third-order valence-corrected chi connectivity index (χ3v) is 2.76. The minimum absolute atomic E-state index is 0.384.